The first-order valence-electron chi connectivity index (χ1n) is 9.90. The van der Waals surface area contributed by atoms with Gasteiger partial charge in [0.15, 0.2) is 0 Å². The number of imidazole rings is 1. The van der Waals surface area contributed by atoms with Crippen molar-refractivity contribution in [2.75, 3.05) is 19.7 Å². The highest BCUT2D eigenvalue weighted by Gasteiger charge is 2.30. The molecule has 2 saturated heterocycles. The maximum absolute atomic E-state index is 12.7. The Balaban J connectivity index is 1.39. The second-order valence-electron chi connectivity index (χ2n) is 7.51. The number of para-hydroxylation sites is 2. The molecule has 2 atom stereocenters. The molecule has 0 aliphatic carbocycles. The number of urea groups is 1. The molecule has 144 valence electrons. The highest BCUT2D eigenvalue weighted by molar-refractivity contribution is 5.76. The Kier molecular flexibility index (Phi) is 5.16. The Hall–Kier alpha value is -2.34. The van der Waals surface area contributed by atoms with E-state index in [0.717, 1.165) is 56.7 Å². The highest BCUT2D eigenvalue weighted by atomic mass is 16.5. The smallest absolute Gasteiger partial charge is 0.317 e. The number of hydrogen-bond donors (Lipinski definition) is 1. The maximum Gasteiger partial charge on any atom is 0.317 e. The van der Waals surface area contributed by atoms with E-state index < -0.39 is 0 Å². The Labute approximate surface area is 160 Å². The average Bonchev–Trinajstić information content (AvgIpc) is 3.04. The lowest BCUT2D eigenvalue weighted by Crippen LogP contribution is -2.52. The third-order valence-corrected chi connectivity index (χ3v) is 5.80. The summed E-state index contributed by atoms with van der Waals surface area (Å²) in [5, 5.41) is 3.15. The zero-order valence-corrected chi connectivity index (χ0v) is 15.9. The fraction of sp³-hybridized carbons (Fsp3) is 0.524. The van der Waals surface area contributed by atoms with Crippen LogP contribution >= 0.6 is 0 Å². The molecule has 0 unspecified atom stereocenters. The van der Waals surface area contributed by atoms with Gasteiger partial charge in [0.1, 0.15) is 5.82 Å². The number of nitrogens with one attached hydrogen (secondary N) is 1. The van der Waals surface area contributed by atoms with Crippen LogP contribution in [-0.2, 0) is 4.74 Å². The number of aryl methyl sites for hydroxylation is 1. The topological polar surface area (TPSA) is 59.4 Å². The molecule has 1 aromatic heterocycles. The van der Waals surface area contributed by atoms with Gasteiger partial charge >= 0.3 is 6.03 Å². The summed E-state index contributed by atoms with van der Waals surface area (Å²) < 4.78 is 8.03. The van der Waals surface area contributed by atoms with Crippen LogP contribution in [0.4, 0.5) is 4.79 Å². The van der Waals surface area contributed by atoms with E-state index in [1.165, 1.54) is 5.52 Å². The van der Waals surface area contributed by atoms with Crippen molar-refractivity contribution in [1.29, 1.82) is 0 Å². The normalized spacial score (nSPS) is 24.1. The van der Waals surface area contributed by atoms with E-state index >= 15 is 0 Å². The highest BCUT2D eigenvalue weighted by Crippen LogP contribution is 2.28. The van der Waals surface area contributed by atoms with Gasteiger partial charge < -0.3 is 19.5 Å². The molecule has 1 N–H and O–H groups in total. The van der Waals surface area contributed by atoms with Gasteiger partial charge in [-0.2, -0.15) is 0 Å². The number of hydrogen-bond acceptors (Lipinski definition) is 3. The van der Waals surface area contributed by atoms with Crippen molar-refractivity contribution >= 4 is 17.1 Å². The van der Waals surface area contributed by atoms with E-state index in [1.807, 2.05) is 11.0 Å². The summed E-state index contributed by atoms with van der Waals surface area (Å²) in [5.74, 6) is 1.05. The summed E-state index contributed by atoms with van der Waals surface area (Å²) in [6, 6.07) is 8.71. The predicted octanol–water partition coefficient (Wildman–Crippen LogP) is 3.42. The molecule has 2 aliphatic rings. The van der Waals surface area contributed by atoms with Crippen molar-refractivity contribution in [2.45, 2.75) is 50.8 Å². The fourth-order valence-electron chi connectivity index (χ4n) is 4.39. The molecule has 6 heteroatoms. The lowest BCUT2D eigenvalue weighted by Gasteiger charge is -2.36. The number of carbonyl (C=O) groups is 1. The summed E-state index contributed by atoms with van der Waals surface area (Å²) in [7, 11) is 0. The lowest BCUT2D eigenvalue weighted by molar-refractivity contribution is 0.0219. The molecular formula is C21H28N4O2. The molecule has 2 amide bonds. The third-order valence-electron chi connectivity index (χ3n) is 5.80. The maximum atomic E-state index is 12.7. The molecule has 27 heavy (non-hydrogen) atoms. The van der Waals surface area contributed by atoms with Crippen molar-refractivity contribution in [2.24, 2.45) is 0 Å². The van der Waals surface area contributed by atoms with Gasteiger partial charge in [0, 0.05) is 25.7 Å². The molecule has 0 spiro atoms. The summed E-state index contributed by atoms with van der Waals surface area (Å²) in [6.45, 7) is 8.15. The quantitative estimate of drug-likeness (QED) is 0.845. The molecule has 6 nitrogen and oxygen atoms in total. The first kappa shape index (κ1) is 18.0. The van der Waals surface area contributed by atoms with E-state index in [9.17, 15) is 4.79 Å². The number of likely N-dealkylation sites (tertiary alicyclic amines) is 1. The molecule has 2 aliphatic heterocycles. The third kappa shape index (κ3) is 3.58. The minimum atomic E-state index is -0.0831. The Morgan fingerprint density at radius 2 is 2.07 bits per heavy atom. The zero-order valence-electron chi connectivity index (χ0n) is 15.9. The minimum Gasteiger partial charge on any atom is -0.372 e. The van der Waals surface area contributed by atoms with Gasteiger partial charge in [-0.3, -0.25) is 0 Å². The monoisotopic (exact) mass is 368 g/mol. The van der Waals surface area contributed by atoms with E-state index in [0.29, 0.717) is 6.04 Å². The number of piperidine rings is 1. The van der Waals surface area contributed by atoms with Crippen molar-refractivity contribution in [3.63, 3.8) is 0 Å². The Morgan fingerprint density at radius 3 is 2.85 bits per heavy atom. The second-order valence-corrected chi connectivity index (χ2v) is 7.51. The molecule has 4 rings (SSSR count). The van der Waals surface area contributed by atoms with Gasteiger partial charge in [0.05, 0.1) is 23.2 Å². The molecule has 3 heterocycles. The number of aromatic nitrogens is 2. The number of ether oxygens (including phenoxy) is 1. The van der Waals surface area contributed by atoms with Crippen LogP contribution in [0.1, 0.15) is 37.5 Å². The van der Waals surface area contributed by atoms with Gasteiger partial charge in [0.25, 0.3) is 0 Å². The van der Waals surface area contributed by atoms with Gasteiger partial charge in [0.2, 0.25) is 0 Å². The number of fused-ring (bicyclic) bond motifs is 1. The van der Waals surface area contributed by atoms with Crippen LogP contribution in [0, 0.1) is 6.92 Å². The number of nitrogens with zero attached hydrogens (tertiary/aromatic N) is 3. The zero-order chi connectivity index (χ0) is 18.8. The van der Waals surface area contributed by atoms with Gasteiger partial charge in [-0.25, -0.2) is 9.78 Å². The minimum absolute atomic E-state index is 0.0167. The van der Waals surface area contributed by atoms with Crippen LogP contribution in [0.25, 0.3) is 11.0 Å². The number of amides is 2. The molecule has 2 aromatic rings. The predicted molar refractivity (Wildman–Crippen MR) is 106 cm³/mol. The van der Waals surface area contributed by atoms with Gasteiger partial charge in [-0.1, -0.05) is 18.2 Å². The van der Waals surface area contributed by atoms with Crippen molar-refractivity contribution in [3.8, 4) is 0 Å². The van der Waals surface area contributed by atoms with E-state index in [-0.39, 0.29) is 18.2 Å². The van der Waals surface area contributed by atoms with Crippen molar-refractivity contribution in [3.05, 3.63) is 42.7 Å². The van der Waals surface area contributed by atoms with Gasteiger partial charge in [-0.05, 0) is 44.7 Å². The fourth-order valence-corrected chi connectivity index (χ4v) is 4.39. The molecule has 2 fully saturated rings. The second kappa shape index (κ2) is 7.72. The first-order valence-corrected chi connectivity index (χ1v) is 9.90. The molecular weight excluding hydrogens is 340 g/mol. The lowest BCUT2D eigenvalue weighted by atomic mass is 10.0. The number of rotatable bonds is 3. The SMILES string of the molecule is C=C[C@@H]1OCCC[C@H]1NC(=O)N1CCC(n2c(C)nc3ccccc32)CC1. The van der Waals surface area contributed by atoms with Crippen LogP contribution in [0.2, 0.25) is 0 Å². The summed E-state index contributed by atoms with van der Waals surface area (Å²) in [6.07, 6.45) is 5.52. The Morgan fingerprint density at radius 1 is 1.30 bits per heavy atom. The molecule has 0 saturated carbocycles. The molecule has 0 radical (unpaired) electrons. The summed E-state index contributed by atoms with van der Waals surface area (Å²) in [5.41, 5.74) is 2.23. The first-order chi connectivity index (χ1) is 13.2. The van der Waals surface area contributed by atoms with Crippen LogP contribution in [0.3, 0.4) is 0 Å². The van der Waals surface area contributed by atoms with Crippen LogP contribution < -0.4 is 5.32 Å². The summed E-state index contributed by atoms with van der Waals surface area (Å²) in [4.78, 5) is 19.3. The number of carbonyl (C=O) groups excluding carboxylic acids is 1. The average molecular weight is 368 g/mol. The van der Waals surface area contributed by atoms with E-state index in [1.54, 1.807) is 6.08 Å². The van der Waals surface area contributed by atoms with Crippen LogP contribution in [0.5, 0.6) is 0 Å². The van der Waals surface area contributed by atoms with E-state index in [2.05, 4.69) is 46.6 Å². The van der Waals surface area contributed by atoms with Crippen molar-refractivity contribution < 1.29 is 9.53 Å². The largest absolute Gasteiger partial charge is 0.372 e. The number of benzene rings is 1. The van der Waals surface area contributed by atoms with Gasteiger partial charge in [-0.15, -0.1) is 6.58 Å². The van der Waals surface area contributed by atoms with E-state index in [4.69, 9.17) is 4.74 Å². The molecule has 0 bridgehead atoms. The standard InChI is InChI=1S/C21H28N4O2/c1-3-20-18(8-6-14-27-20)23-21(26)24-12-10-16(11-13-24)25-15(2)22-17-7-4-5-9-19(17)25/h3-5,7,9,16,18,20H,1,6,8,10-14H2,2H3,(H,23,26)/t18-,20+/m1/s1. The van der Waals surface area contributed by atoms with Crippen LogP contribution in [0.15, 0.2) is 36.9 Å². The Bertz CT molecular complexity index is 823. The van der Waals surface area contributed by atoms with Crippen molar-refractivity contribution in [1.82, 2.24) is 19.8 Å². The summed E-state index contributed by atoms with van der Waals surface area (Å²) >= 11 is 0. The van der Waals surface area contributed by atoms with Crippen LogP contribution in [-0.4, -0.2) is 52.3 Å². The molecule has 1 aromatic carbocycles.